The number of aromatic nitrogens is 2. The van der Waals surface area contributed by atoms with Gasteiger partial charge in [0.15, 0.2) is 0 Å². The Hall–Kier alpha value is -1.64. The molecule has 0 aliphatic rings. The number of sulfonamides is 1. The lowest BCUT2D eigenvalue weighted by molar-refractivity contribution is 0.269. The van der Waals surface area contributed by atoms with Crippen molar-refractivity contribution in [1.82, 2.24) is 14.5 Å². The quantitative estimate of drug-likeness (QED) is 0.767. The van der Waals surface area contributed by atoms with Crippen molar-refractivity contribution in [3.63, 3.8) is 0 Å². The van der Waals surface area contributed by atoms with Crippen LogP contribution in [0.2, 0.25) is 0 Å². The Balaban J connectivity index is 2.05. The highest BCUT2D eigenvalue weighted by Gasteiger charge is 2.16. The van der Waals surface area contributed by atoms with Crippen LogP contribution in [0.3, 0.4) is 0 Å². The molecular formula is C10H13N3O4S. The highest BCUT2D eigenvalue weighted by Crippen LogP contribution is 2.08. The predicted octanol–water partition coefficient (Wildman–Crippen LogP) is -0.0531. The number of nitrogens with zero attached hydrogens (tertiary/aromatic N) is 2. The number of aliphatic hydroxyl groups is 1. The summed E-state index contributed by atoms with van der Waals surface area (Å²) in [7, 11) is -3.61. The summed E-state index contributed by atoms with van der Waals surface area (Å²) in [4.78, 5) is 0.0579. The topological polar surface area (TPSA) is 97.4 Å². The second-order valence-electron chi connectivity index (χ2n) is 3.57. The minimum atomic E-state index is -3.61. The first-order chi connectivity index (χ1) is 8.62. The van der Waals surface area contributed by atoms with Gasteiger partial charge in [0.05, 0.1) is 32.2 Å². The molecule has 8 heteroatoms. The maximum absolute atomic E-state index is 11.9. The van der Waals surface area contributed by atoms with E-state index in [0.29, 0.717) is 5.76 Å². The summed E-state index contributed by atoms with van der Waals surface area (Å²) in [5.41, 5.74) is 0. The molecule has 0 saturated heterocycles. The van der Waals surface area contributed by atoms with Gasteiger partial charge in [0.1, 0.15) is 10.7 Å². The molecular weight excluding hydrogens is 258 g/mol. The van der Waals surface area contributed by atoms with Crippen LogP contribution in [-0.4, -0.2) is 29.9 Å². The van der Waals surface area contributed by atoms with E-state index in [1.165, 1.54) is 23.3 Å². The standard InChI is InChI=1S/C10H13N3O4S/c14-4-3-13-8-10(7-11-13)18(15,16)12-6-9-2-1-5-17-9/h1-2,5,7-8,12,14H,3-4,6H2. The van der Waals surface area contributed by atoms with E-state index < -0.39 is 10.0 Å². The normalized spacial score (nSPS) is 11.8. The van der Waals surface area contributed by atoms with Crippen molar-refractivity contribution in [1.29, 1.82) is 0 Å². The van der Waals surface area contributed by atoms with Gasteiger partial charge in [0, 0.05) is 6.20 Å². The summed E-state index contributed by atoms with van der Waals surface area (Å²) in [5, 5.41) is 12.6. The zero-order chi connectivity index (χ0) is 13.0. The highest BCUT2D eigenvalue weighted by molar-refractivity contribution is 7.89. The van der Waals surface area contributed by atoms with E-state index in [1.807, 2.05) is 0 Å². The third-order valence-corrected chi connectivity index (χ3v) is 3.62. The first kappa shape index (κ1) is 12.8. The average Bonchev–Trinajstić information content (AvgIpc) is 2.98. The zero-order valence-corrected chi connectivity index (χ0v) is 10.3. The smallest absolute Gasteiger partial charge is 0.244 e. The highest BCUT2D eigenvalue weighted by atomic mass is 32.2. The number of hydrogen-bond acceptors (Lipinski definition) is 5. The van der Waals surface area contributed by atoms with Crippen molar-refractivity contribution in [3.8, 4) is 0 Å². The van der Waals surface area contributed by atoms with Crippen molar-refractivity contribution in [3.05, 3.63) is 36.5 Å². The van der Waals surface area contributed by atoms with Crippen molar-refractivity contribution >= 4 is 10.0 Å². The largest absolute Gasteiger partial charge is 0.468 e. The Morgan fingerprint density at radius 2 is 2.33 bits per heavy atom. The number of nitrogens with one attached hydrogen (secondary N) is 1. The third-order valence-electron chi connectivity index (χ3n) is 2.27. The van der Waals surface area contributed by atoms with Gasteiger partial charge in [0.2, 0.25) is 10.0 Å². The molecule has 0 radical (unpaired) electrons. The summed E-state index contributed by atoms with van der Waals surface area (Å²) in [5.74, 6) is 0.529. The first-order valence-electron chi connectivity index (χ1n) is 5.27. The Kier molecular flexibility index (Phi) is 3.80. The minimum Gasteiger partial charge on any atom is -0.468 e. The molecule has 98 valence electrons. The van der Waals surface area contributed by atoms with E-state index in [-0.39, 0.29) is 24.6 Å². The maximum atomic E-state index is 11.9. The van der Waals surface area contributed by atoms with Gasteiger partial charge in [-0.15, -0.1) is 0 Å². The molecule has 0 unspecified atom stereocenters. The summed E-state index contributed by atoms with van der Waals surface area (Å²) in [6.45, 7) is 0.245. The molecule has 0 bridgehead atoms. The van der Waals surface area contributed by atoms with Crippen LogP contribution >= 0.6 is 0 Å². The summed E-state index contributed by atoms with van der Waals surface area (Å²) in [6.07, 6.45) is 4.07. The number of aliphatic hydroxyl groups excluding tert-OH is 1. The van der Waals surface area contributed by atoms with Gasteiger partial charge in [-0.3, -0.25) is 4.68 Å². The van der Waals surface area contributed by atoms with E-state index in [1.54, 1.807) is 12.1 Å². The molecule has 0 aliphatic carbocycles. The second-order valence-corrected chi connectivity index (χ2v) is 5.33. The Labute approximate surface area is 104 Å². The predicted molar refractivity (Wildman–Crippen MR) is 62.0 cm³/mol. The van der Waals surface area contributed by atoms with Crippen LogP contribution in [0, 0.1) is 0 Å². The second kappa shape index (κ2) is 5.34. The molecule has 0 saturated carbocycles. The number of hydrogen-bond donors (Lipinski definition) is 2. The molecule has 2 rings (SSSR count). The zero-order valence-electron chi connectivity index (χ0n) is 9.48. The fourth-order valence-electron chi connectivity index (χ4n) is 1.37. The molecule has 2 aromatic heterocycles. The number of furan rings is 1. The van der Waals surface area contributed by atoms with Crippen LogP contribution < -0.4 is 4.72 Å². The molecule has 7 nitrogen and oxygen atoms in total. The van der Waals surface area contributed by atoms with Gasteiger partial charge in [0.25, 0.3) is 0 Å². The first-order valence-corrected chi connectivity index (χ1v) is 6.75. The lowest BCUT2D eigenvalue weighted by Gasteiger charge is -2.02. The van der Waals surface area contributed by atoms with Gasteiger partial charge in [-0.25, -0.2) is 13.1 Å². The minimum absolute atomic E-state index is 0.0579. The molecule has 2 N–H and O–H groups in total. The Bertz CT molecular complexity index is 588. The van der Waals surface area contributed by atoms with E-state index in [4.69, 9.17) is 9.52 Å². The van der Waals surface area contributed by atoms with Gasteiger partial charge in [-0.05, 0) is 12.1 Å². The SMILES string of the molecule is O=S(=O)(NCc1ccco1)c1cnn(CCO)c1. The van der Waals surface area contributed by atoms with E-state index in [2.05, 4.69) is 9.82 Å². The van der Waals surface area contributed by atoms with E-state index in [9.17, 15) is 8.42 Å². The fourth-order valence-corrected chi connectivity index (χ4v) is 2.32. The van der Waals surface area contributed by atoms with Gasteiger partial charge in [-0.1, -0.05) is 0 Å². The molecule has 0 fully saturated rings. The Morgan fingerprint density at radius 1 is 1.50 bits per heavy atom. The molecule has 0 spiro atoms. The van der Waals surface area contributed by atoms with Gasteiger partial charge in [-0.2, -0.15) is 5.10 Å². The van der Waals surface area contributed by atoms with Crippen LogP contribution in [0.5, 0.6) is 0 Å². The summed E-state index contributed by atoms with van der Waals surface area (Å²) < 4.78 is 32.5. The van der Waals surface area contributed by atoms with Crippen molar-refractivity contribution in [2.75, 3.05) is 6.61 Å². The van der Waals surface area contributed by atoms with Crippen molar-refractivity contribution in [2.45, 2.75) is 18.0 Å². The maximum Gasteiger partial charge on any atom is 0.244 e. The molecule has 0 aliphatic heterocycles. The third kappa shape index (κ3) is 2.97. The van der Waals surface area contributed by atoms with E-state index in [0.717, 1.165) is 0 Å². The summed E-state index contributed by atoms with van der Waals surface area (Å²) in [6, 6.07) is 3.36. The van der Waals surface area contributed by atoms with Crippen molar-refractivity contribution in [2.24, 2.45) is 0 Å². The van der Waals surface area contributed by atoms with Gasteiger partial charge >= 0.3 is 0 Å². The molecule has 0 aromatic carbocycles. The van der Waals surface area contributed by atoms with Crippen LogP contribution in [0.1, 0.15) is 5.76 Å². The lowest BCUT2D eigenvalue weighted by atomic mass is 10.5. The summed E-state index contributed by atoms with van der Waals surface area (Å²) >= 11 is 0. The van der Waals surface area contributed by atoms with Crippen molar-refractivity contribution < 1.29 is 17.9 Å². The fraction of sp³-hybridized carbons (Fsp3) is 0.300. The molecule has 2 heterocycles. The van der Waals surface area contributed by atoms with E-state index >= 15 is 0 Å². The van der Waals surface area contributed by atoms with Gasteiger partial charge < -0.3 is 9.52 Å². The monoisotopic (exact) mass is 271 g/mol. The van der Waals surface area contributed by atoms with Crippen LogP contribution in [0.15, 0.2) is 40.1 Å². The Morgan fingerprint density at radius 3 is 3.00 bits per heavy atom. The lowest BCUT2D eigenvalue weighted by Crippen LogP contribution is -2.22. The van der Waals surface area contributed by atoms with Crippen LogP contribution in [-0.2, 0) is 23.1 Å². The molecule has 0 amide bonds. The average molecular weight is 271 g/mol. The van der Waals surface area contributed by atoms with Crippen LogP contribution in [0.4, 0.5) is 0 Å². The van der Waals surface area contributed by atoms with Crippen LogP contribution in [0.25, 0.3) is 0 Å². The number of rotatable bonds is 6. The molecule has 0 atom stereocenters. The molecule has 18 heavy (non-hydrogen) atoms. The molecule has 2 aromatic rings.